The maximum absolute atomic E-state index is 11.7. The van der Waals surface area contributed by atoms with E-state index in [0.717, 1.165) is 44.5 Å². The number of hydrogen-bond acceptors (Lipinski definition) is 2. The predicted octanol–water partition coefficient (Wildman–Crippen LogP) is 2.35. The fourth-order valence-electron chi connectivity index (χ4n) is 1.82. The van der Waals surface area contributed by atoms with Gasteiger partial charge in [-0.05, 0) is 37.4 Å². The Balaban J connectivity index is 2.30. The van der Waals surface area contributed by atoms with Crippen LogP contribution < -0.4 is 0 Å². The first kappa shape index (κ1) is 11.9. The number of amides is 1. The minimum Gasteiger partial charge on any atom is -0.343 e. The van der Waals surface area contributed by atoms with Crippen LogP contribution in [0.15, 0.2) is 0 Å². The molecular weight excluding hydrogens is 194 g/mol. The van der Waals surface area contributed by atoms with Crippen molar-refractivity contribution in [1.29, 1.82) is 0 Å². The van der Waals surface area contributed by atoms with Crippen LogP contribution in [0.2, 0.25) is 0 Å². The molecule has 2 nitrogen and oxygen atoms in total. The second-order valence-corrected chi connectivity index (χ2v) is 4.69. The highest BCUT2D eigenvalue weighted by atomic mass is 32.1. The fourth-order valence-corrected chi connectivity index (χ4v) is 2.05. The average Bonchev–Trinajstić information content (AvgIpc) is 2.33. The molecule has 0 spiro atoms. The van der Waals surface area contributed by atoms with Crippen molar-refractivity contribution in [3.05, 3.63) is 0 Å². The van der Waals surface area contributed by atoms with Crippen molar-refractivity contribution in [2.75, 3.05) is 18.8 Å². The van der Waals surface area contributed by atoms with Crippen LogP contribution in [0.25, 0.3) is 0 Å². The highest BCUT2D eigenvalue weighted by Crippen LogP contribution is 2.17. The average molecular weight is 215 g/mol. The highest BCUT2D eigenvalue weighted by molar-refractivity contribution is 7.80. The third kappa shape index (κ3) is 3.91. The molecule has 1 unspecified atom stereocenters. The van der Waals surface area contributed by atoms with E-state index < -0.39 is 0 Å². The maximum Gasteiger partial charge on any atom is 0.222 e. The van der Waals surface area contributed by atoms with Gasteiger partial charge in [-0.25, -0.2) is 0 Å². The van der Waals surface area contributed by atoms with Crippen molar-refractivity contribution in [1.82, 2.24) is 4.90 Å². The molecular formula is C11H21NOS. The Morgan fingerprint density at radius 2 is 2.21 bits per heavy atom. The summed E-state index contributed by atoms with van der Waals surface area (Å²) in [5.41, 5.74) is 0. The van der Waals surface area contributed by atoms with Gasteiger partial charge in [-0.3, -0.25) is 4.79 Å². The Kier molecular flexibility index (Phi) is 5.38. The quantitative estimate of drug-likeness (QED) is 0.564. The van der Waals surface area contributed by atoms with Crippen LogP contribution >= 0.6 is 12.6 Å². The summed E-state index contributed by atoms with van der Waals surface area (Å²) in [6.45, 7) is 4.14. The second-order valence-electron chi connectivity index (χ2n) is 4.24. The van der Waals surface area contributed by atoms with Gasteiger partial charge in [0.05, 0.1) is 0 Å². The van der Waals surface area contributed by atoms with Crippen LogP contribution in [-0.4, -0.2) is 29.6 Å². The van der Waals surface area contributed by atoms with Gasteiger partial charge in [0.25, 0.3) is 0 Å². The fraction of sp³-hybridized carbons (Fsp3) is 0.909. The van der Waals surface area contributed by atoms with E-state index in [1.165, 1.54) is 6.42 Å². The first-order valence-corrected chi connectivity index (χ1v) is 6.26. The van der Waals surface area contributed by atoms with Crippen molar-refractivity contribution in [2.45, 2.75) is 39.0 Å². The largest absolute Gasteiger partial charge is 0.343 e. The smallest absolute Gasteiger partial charge is 0.222 e. The molecule has 82 valence electrons. The molecule has 1 heterocycles. The van der Waals surface area contributed by atoms with Crippen molar-refractivity contribution in [3.8, 4) is 0 Å². The van der Waals surface area contributed by atoms with Crippen LogP contribution in [-0.2, 0) is 4.79 Å². The monoisotopic (exact) mass is 215 g/mol. The highest BCUT2D eigenvalue weighted by Gasteiger charge is 2.19. The zero-order valence-corrected chi connectivity index (χ0v) is 9.93. The molecule has 0 bridgehead atoms. The molecule has 0 saturated carbocycles. The van der Waals surface area contributed by atoms with Gasteiger partial charge in [-0.15, -0.1) is 0 Å². The minimum absolute atomic E-state index is 0.355. The summed E-state index contributed by atoms with van der Waals surface area (Å²) in [5, 5.41) is 0. The van der Waals surface area contributed by atoms with Gasteiger partial charge >= 0.3 is 0 Å². The van der Waals surface area contributed by atoms with E-state index in [2.05, 4.69) is 19.6 Å². The normalized spacial score (nSPS) is 23.7. The Labute approximate surface area is 92.5 Å². The van der Waals surface area contributed by atoms with Crippen molar-refractivity contribution in [2.24, 2.45) is 5.92 Å². The number of nitrogens with zero attached hydrogens (tertiary/aromatic N) is 1. The van der Waals surface area contributed by atoms with Crippen LogP contribution in [0, 0.1) is 5.92 Å². The first-order chi connectivity index (χ1) is 6.74. The molecule has 1 aliphatic rings. The number of hydrogen-bond donors (Lipinski definition) is 1. The van der Waals surface area contributed by atoms with Crippen LogP contribution in [0.5, 0.6) is 0 Å². The van der Waals surface area contributed by atoms with E-state index in [-0.39, 0.29) is 0 Å². The molecule has 1 aliphatic heterocycles. The van der Waals surface area contributed by atoms with Gasteiger partial charge in [0.15, 0.2) is 0 Å². The molecule has 0 aromatic rings. The van der Waals surface area contributed by atoms with Gasteiger partial charge in [0.1, 0.15) is 0 Å². The summed E-state index contributed by atoms with van der Waals surface area (Å²) in [5.74, 6) is 2.00. The Bertz CT molecular complexity index is 184. The van der Waals surface area contributed by atoms with Crippen LogP contribution in [0.4, 0.5) is 0 Å². The van der Waals surface area contributed by atoms with Gasteiger partial charge in [0.2, 0.25) is 5.91 Å². The molecule has 1 fully saturated rings. The second kappa shape index (κ2) is 6.33. The summed E-state index contributed by atoms with van der Waals surface area (Å²) < 4.78 is 0. The van der Waals surface area contributed by atoms with E-state index in [4.69, 9.17) is 0 Å². The van der Waals surface area contributed by atoms with E-state index in [1.807, 2.05) is 4.90 Å². The molecule has 0 aromatic carbocycles. The standard InChI is InChI=1S/C11H21NOS/c1-10-4-5-11(13)12(8-6-10)7-2-3-9-14/h10,14H,2-9H2,1H3. The minimum atomic E-state index is 0.355. The molecule has 1 saturated heterocycles. The number of unbranched alkanes of at least 4 members (excludes halogenated alkanes) is 1. The van der Waals surface area contributed by atoms with E-state index in [0.29, 0.717) is 11.8 Å². The number of rotatable bonds is 4. The molecule has 1 rings (SSSR count). The lowest BCUT2D eigenvalue weighted by Crippen LogP contribution is -2.31. The van der Waals surface area contributed by atoms with Crippen LogP contribution in [0.3, 0.4) is 0 Å². The predicted molar refractivity (Wildman–Crippen MR) is 62.7 cm³/mol. The molecule has 0 aromatic heterocycles. The zero-order chi connectivity index (χ0) is 10.4. The van der Waals surface area contributed by atoms with Crippen molar-refractivity contribution in [3.63, 3.8) is 0 Å². The molecule has 3 heteroatoms. The molecule has 0 aliphatic carbocycles. The van der Waals surface area contributed by atoms with Crippen LogP contribution in [0.1, 0.15) is 39.0 Å². The first-order valence-electron chi connectivity index (χ1n) is 5.62. The Morgan fingerprint density at radius 1 is 1.43 bits per heavy atom. The summed E-state index contributed by atoms with van der Waals surface area (Å²) in [4.78, 5) is 13.7. The third-order valence-electron chi connectivity index (χ3n) is 2.93. The lowest BCUT2D eigenvalue weighted by molar-refractivity contribution is -0.130. The summed E-state index contributed by atoms with van der Waals surface area (Å²) in [7, 11) is 0. The van der Waals surface area contributed by atoms with Gasteiger partial charge in [-0.2, -0.15) is 12.6 Å². The SMILES string of the molecule is CC1CCC(=O)N(CCCCS)CC1. The molecule has 0 N–H and O–H groups in total. The number of thiol groups is 1. The summed E-state index contributed by atoms with van der Waals surface area (Å²) >= 11 is 4.17. The maximum atomic E-state index is 11.7. The van der Waals surface area contributed by atoms with Gasteiger partial charge in [-0.1, -0.05) is 6.92 Å². The summed E-state index contributed by atoms with van der Waals surface area (Å²) in [6.07, 6.45) is 5.21. The van der Waals surface area contributed by atoms with E-state index >= 15 is 0 Å². The Morgan fingerprint density at radius 3 is 2.93 bits per heavy atom. The number of carbonyl (C=O) groups excluding carboxylic acids is 1. The molecule has 1 amide bonds. The zero-order valence-electron chi connectivity index (χ0n) is 9.04. The van der Waals surface area contributed by atoms with E-state index in [1.54, 1.807) is 0 Å². The summed E-state index contributed by atoms with van der Waals surface area (Å²) in [6, 6.07) is 0. The van der Waals surface area contributed by atoms with E-state index in [9.17, 15) is 4.79 Å². The number of likely N-dealkylation sites (tertiary alicyclic amines) is 1. The van der Waals surface area contributed by atoms with Gasteiger partial charge < -0.3 is 4.90 Å². The molecule has 14 heavy (non-hydrogen) atoms. The third-order valence-corrected chi connectivity index (χ3v) is 3.25. The van der Waals surface area contributed by atoms with Crippen molar-refractivity contribution >= 4 is 18.5 Å². The lowest BCUT2D eigenvalue weighted by Gasteiger charge is -2.20. The molecule has 1 atom stereocenters. The number of carbonyl (C=O) groups is 1. The van der Waals surface area contributed by atoms with Crippen molar-refractivity contribution < 1.29 is 4.79 Å². The van der Waals surface area contributed by atoms with Gasteiger partial charge in [0, 0.05) is 19.5 Å². The topological polar surface area (TPSA) is 20.3 Å². The molecule has 0 radical (unpaired) electrons. The Hall–Kier alpha value is -0.180. The lowest BCUT2D eigenvalue weighted by atomic mass is 10.0.